The van der Waals surface area contributed by atoms with Gasteiger partial charge < -0.3 is 0 Å². The van der Waals surface area contributed by atoms with Crippen molar-refractivity contribution in [1.29, 1.82) is 0 Å². The lowest BCUT2D eigenvalue weighted by Gasteiger charge is -2.40. The van der Waals surface area contributed by atoms with Crippen LogP contribution in [0.1, 0.15) is 65.7 Å². The van der Waals surface area contributed by atoms with Gasteiger partial charge in [-0.3, -0.25) is 0 Å². The van der Waals surface area contributed by atoms with Gasteiger partial charge in [-0.15, -0.1) is 6.58 Å². The highest BCUT2D eigenvalue weighted by Gasteiger charge is 2.71. The van der Waals surface area contributed by atoms with E-state index in [1.165, 1.54) is 44.9 Å². The van der Waals surface area contributed by atoms with Crippen LogP contribution in [-0.2, 0) is 0 Å². The van der Waals surface area contributed by atoms with Crippen molar-refractivity contribution in [1.82, 2.24) is 0 Å². The Hall–Kier alpha value is 0.0900. The summed E-state index contributed by atoms with van der Waals surface area (Å²) in [7, 11) is 0. The van der Waals surface area contributed by atoms with Crippen molar-refractivity contribution in [3.8, 4) is 0 Å². The smallest absolute Gasteiger partial charge is 0.00668 e. The summed E-state index contributed by atoms with van der Waals surface area (Å²) in [6.07, 6.45) is 12.7. The van der Waals surface area contributed by atoms with E-state index in [9.17, 15) is 0 Å². The molecular weight excluding hydrogens is 284 g/mol. The van der Waals surface area contributed by atoms with E-state index in [1.807, 2.05) is 0 Å². The van der Waals surface area contributed by atoms with Crippen molar-refractivity contribution >= 4 is 12.6 Å². The molecule has 0 spiro atoms. The molecule has 0 saturated heterocycles. The molecule has 4 aliphatic carbocycles. The summed E-state index contributed by atoms with van der Waals surface area (Å²) in [6.45, 7) is 11.9. The van der Waals surface area contributed by atoms with E-state index in [4.69, 9.17) is 0 Å². The van der Waals surface area contributed by atoms with Gasteiger partial charge in [0, 0.05) is 0 Å². The Kier molecular flexibility index (Phi) is 3.41. The second-order valence-corrected chi connectivity index (χ2v) is 10.3. The van der Waals surface area contributed by atoms with Gasteiger partial charge in [0.1, 0.15) is 0 Å². The molecule has 0 aromatic carbocycles. The van der Waals surface area contributed by atoms with Crippen LogP contribution >= 0.6 is 12.6 Å². The molecule has 0 bridgehead atoms. The summed E-state index contributed by atoms with van der Waals surface area (Å²) in [5, 5.41) is 0. The third-order valence-corrected chi connectivity index (χ3v) is 9.14. The van der Waals surface area contributed by atoms with E-state index in [0.717, 1.165) is 35.3 Å². The first-order chi connectivity index (χ1) is 10.4. The fourth-order valence-electron chi connectivity index (χ4n) is 6.72. The second-order valence-electron chi connectivity index (χ2n) is 9.93. The molecule has 0 heterocycles. The zero-order valence-corrected chi connectivity index (χ0v) is 15.7. The van der Waals surface area contributed by atoms with Crippen LogP contribution in [0.15, 0.2) is 12.7 Å². The first-order valence-electron chi connectivity index (χ1n) is 9.63. The quantitative estimate of drug-likeness (QED) is 0.433. The summed E-state index contributed by atoms with van der Waals surface area (Å²) >= 11 is 4.67. The maximum absolute atomic E-state index is 4.67. The van der Waals surface area contributed by atoms with Crippen LogP contribution in [-0.4, -0.2) is 5.75 Å². The summed E-state index contributed by atoms with van der Waals surface area (Å²) in [6, 6.07) is 0. The second kappa shape index (κ2) is 4.80. The Morgan fingerprint density at radius 3 is 2.50 bits per heavy atom. The molecule has 124 valence electrons. The van der Waals surface area contributed by atoms with Gasteiger partial charge in [0.25, 0.3) is 0 Å². The fraction of sp³-hybridized carbons (Fsp3) is 0.905. The van der Waals surface area contributed by atoms with Gasteiger partial charge in [-0.1, -0.05) is 26.8 Å². The lowest BCUT2D eigenvalue weighted by molar-refractivity contribution is 0.105. The van der Waals surface area contributed by atoms with E-state index in [-0.39, 0.29) is 0 Å². The maximum Gasteiger partial charge on any atom is -0.00668 e. The normalized spacial score (nSPS) is 47.6. The third-order valence-electron chi connectivity index (χ3n) is 8.59. The SMILES string of the molecule is C=CC1C2CC2(CC(C)(C(C)CS)C2CC2)CC1(C)C1CC1. The number of fused-ring (bicyclic) bond motifs is 1. The highest BCUT2D eigenvalue weighted by Crippen LogP contribution is 2.79. The van der Waals surface area contributed by atoms with Crippen LogP contribution in [0.2, 0.25) is 0 Å². The van der Waals surface area contributed by atoms with Gasteiger partial charge in [0.05, 0.1) is 0 Å². The van der Waals surface area contributed by atoms with Gasteiger partial charge in [-0.2, -0.15) is 12.6 Å². The summed E-state index contributed by atoms with van der Waals surface area (Å²) in [4.78, 5) is 0. The molecule has 4 fully saturated rings. The van der Waals surface area contributed by atoms with Crippen molar-refractivity contribution in [2.24, 2.45) is 45.8 Å². The van der Waals surface area contributed by atoms with Crippen LogP contribution in [0.25, 0.3) is 0 Å². The lowest BCUT2D eigenvalue weighted by atomic mass is 9.65. The molecule has 6 atom stereocenters. The molecule has 0 radical (unpaired) electrons. The van der Waals surface area contributed by atoms with Gasteiger partial charge in [-0.25, -0.2) is 0 Å². The molecule has 4 aliphatic rings. The van der Waals surface area contributed by atoms with E-state index in [2.05, 4.69) is 46.1 Å². The summed E-state index contributed by atoms with van der Waals surface area (Å²) in [5.74, 6) is 5.57. The first kappa shape index (κ1) is 15.6. The molecule has 0 amide bonds. The molecule has 0 N–H and O–H groups in total. The average molecular weight is 319 g/mol. The largest absolute Gasteiger partial charge is 0.179 e. The molecule has 6 unspecified atom stereocenters. The van der Waals surface area contributed by atoms with Crippen LogP contribution in [0, 0.1) is 45.8 Å². The standard InChI is InChI=1S/C21H34S/c1-5-17-18-10-21(18,13-20(17,4)16-8-9-16)12-19(3,14(2)11-22)15-6-7-15/h5,14-18,22H,1,6-13H2,2-4H3. The van der Waals surface area contributed by atoms with Crippen molar-refractivity contribution in [2.45, 2.75) is 65.7 Å². The minimum Gasteiger partial charge on any atom is -0.179 e. The number of allylic oxidation sites excluding steroid dienone is 1. The molecule has 0 aliphatic heterocycles. The Balaban J connectivity index is 1.57. The van der Waals surface area contributed by atoms with Gasteiger partial charge >= 0.3 is 0 Å². The van der Waals surface area contributed by atoms with E-state index in [1.54, 1.807) is 0 Å². The Morgan fingerprint density at radius 1 is 1.32 bits per heavy atom. The van der Waals surface area contributed by atoms with Gasteiger partial charge in [0.15, 0.2) is 0 Å². The van der Waals surface area contributed by atoms with E-state index < -0.39 is 0 Å². The van der Waals surface area contributed by atoms with Gasteiger partial charge in [-0.05, 0) is 96.5 Å². The predicted octanol–water partition coefficient (Wildman–Crippen LogP) is 5.99. The molecule has 0 aromatic rings. The number of thiol groups is 1. The molecule has 22 heavy (non-hydrogen) atoms. The predicted molar refractivity (Wildman–Crippen MR) is 98.1 cm³/mol. The van der Waals surface area contributed by atoms with Crippen LogP contribution in [0.5, 0.6) is 0 Å². The number of hydrogen-bond donors (Lipinski definition) is 1. The minimum absolute atomic E-state index is 0.539. The Morgan fingerprint density at radius 2 is 2.00 bits per heavy atom. The molecule has 0 nitrogen and oxygen atoms in total. The first-order valence-corrected chi connectivity index (χ1v) is 10.3. The zero-order chi connectivity index (χ0) is 15.8. The van der Waals surface area contributed by atoms with Crippen molar-refractivity contribution in [3.63, 3.8) is 0 Å². The molecule has 4 saturated carbocycles. The molecule has 0 aromatic heterocycles. The highest BCUT2D eigenvalue weighted by atomic mass is 32.1. The average Bonchev–Trinajstić information content (AvgIpc) is 3.35. The molecular formula is C21H34S. The lowest BCUT2D eigenvalue weighted by Crippen LogP contribution is -2.33. The minimum atomic E-state index is 0.539. The van der Waals surface area contributed by atoms with Crippen molar-refractivity contribution < 1.29 is 0 Å². The summed E-state index contributed by atoms with van der Waals surface area (Å²) in [5.41, 5.74) is 1.79. The molecule has 1 heteroatoms. The van der Waals surface area contributed by atoms with Crippen molar-refractivity contribution in [2.75, 3.05) is 5.75 Å². The van der Waals surface area contributed by atoms with E-state index >= 15 is 0 Å². The van der Waals surface area contributed by atoms with Crippen LogP contribution in [0.3, 0.4) is 0 Å². The van der Waals surface area contributed by atoms with E-state index in [0.29, 0.717) is 16.2 Å². The fourth-order valence-corrected chi connectivity index (χ4v) is 7.13. The van der Waals surface area contributed by atoms with Gasteiger partial charge in [0.2, 0.25) is 0 Å². The Bertz CT molecular complexity index is 476. The zero-order valence-electron chi connectivity index (χ0n) is 14.8. The molecule has 4 rings (SSSR count). The number of rotatable bonds is 7. The maximum atomic E-state index is 4.67. The van der Waals surface area contributed by atoms with Crippen molar-refractivity contribution in [3.05, 3.63) is 12.7 Å². The van der Waals surface area contributed by atoms with Crippen LogP contribution in [0.4, 0.5) is 0 Å². The number of hydrogen-bond acceptors (Lipinski definition) is 1. The topological polar surface area (TPSA) is 0 Å². The summed E-state index contributed by atoms with van der Waals surface area (Å²) < 4.78 is 0. The monoisotopic (exact) mass is 318 g/mol. The van der Waals surface area contributed by atoms with Crippen LogP contribution < -0.4 is 0 Å². The Labute approximate surface area is 142 Å². The highest BCUT2D eigenvalue weighted by molar-refractivity contribution is 7.80. The third kappa shape index (κ3) is 2.10.